The molecule has 1 unspecified atom stereocenters. The van der Waals surface area contributed by atoms with E-state index in [4.69, 9.17) is 5.73 Å². The first-order chi connectivity index (χ1) is 7.56. The molecule has 0 fully saturated rings. The number of hydrogen-bond donors (Lipinski definition) is 1. The molecule has 1 atom stereocenters. The molecule has 0 bridgehead atoms. The van der Waals surface area contributed by atoms with Crippen molar-refractivity contribution in [3.8, 4) is 0 Å². The molecule has 3 heteroatoms. The van der Waals surface area contributed by atoms with E-state index < -0.39 is 0 Å². The Kier molecular flexibility index (Phi) is 2.88. The second kappa shape index (κ2) is 4.18. The van der Waals surface area contributed by atoms with Gasteiger partial charge in [0, 0.05) is 17.1 Å². The number of aromatic nitrogens is 1. The minimum Gasteiger partial charge on any atom is -0.328 e. The summed E-state index contributed by atoms with van der Waals surface area (Å²) in [5, 5.41) is 0.834. The number of hydrogen-bond acceptors (Lipinski definition) is 2. The maximum atomic E-state index is 13.4. The Hall–Kier alpha value is -1.48. The molecule has 16 heavy (non-hydrogen) atoms. The quantitative estimate of drug-likeness (QED) is 0.841. The summed E-state index contributed by atoms with van der Waals surface area (Å²) in [7, 11) is 0. The fourth-order valence-electron chi connectivity index (χ4n) is 1.87. The van der Waals surface area contributed by atoms with Gasteiger partial charge in [0.15, 0.2) is 0 Å². The molecule has 1 aromatic heterocycles. The molecule has 2 rings (SSSR count). The Morgan fingerprint density at radius 1 is 1.38 bits per heavy atom. The van der Waals surface area contributed by atoms with Crippen molar-refractivity contribution in [2.75, 3.05) is 0 Å². The lowest BCUT2D eigenvalue weighted by molar-refractivity contribution is 0.625. The minimum absolute atomic E-state index is 0.00677. The Morgan fingerprint density at radius 3 is 2.81 bits per heavy atom. The SMILES string of the molecule is Cc1ccc2cc(F)cc(CC(C)N)c2n1. The van der Waals surface area contributed by atoms with Crippen LogP contribution >= 0.6 is 0 Å². The Bertz CT molecular complexity index is 521. The molecule has 84 valence electrons. The number of halogens is 1. The van der Waals surface area contributed by atoms with E-state index >= 15 is 0 Å². The van der Waals surface area contributed by atoms with Gasteiger partial charge in [-0.25, -0.2) is 4.39 Å². The van der Waals surface area contributed by atoms with Crippen LogP contribution in [0.15, 0.2) is 24.3 Å². The van der Waals surface area contributed by atoms with E-state index in [1.807, 2.05) is 26.0 Å². The van der Waals surface area contributed by atoms with E-state index in [9.17, 15) is 4.39 Å². The van der Waals surface area contributed by atoms with Crippen LogP contribution in [-0.2, 0) is 6.42 Å². The highest BCUT2D eigenvalue weighted by Crippen LogP contribution is 2.20. The average Bonchev–Trinajstić information content (AvgIpc) is 2.18. The van der Waals surface area contributed by atoms with Crippen molar-refractivity contribution in [3.63, 3.8) is 0 Å². The van der Waals surface area contributed by atoms with Crippen molar-refractivity contribution in [1.82, 2.24) is 4.98 Å². The molecule has 0 saturated carbocycles. The highest BCUT2D eigenvalue weighted by molar-refractivity contribution is 5.82. The van der Waals surface area contributed by atoms with Gasteiger partial charge in [0.05, 0.1) is 5.52 Å². The Morgan fingerprint density at radius 2 is 2.12 bits per heavy atom. The number of nitrogens with two attached hydrogens (primary N) is 1. The van der Waals surface area contributed by atoms with E-state index in [1.165, 1.54) is 12.1 Å². The number of benzene rings is 1. The third kappa shape index (κ3) is 2.19. The molecule has 2 N–H and O–H groups in total. The topological polar surface area (TPSA) is 38.9 Å². The van der Waals surface area contributed by atoms with E-state index in [0.717, 1.165) is 22.2 Å². The van der Waals surface area contributed by atoms with Gasteiger partial charge < -0.3 is 5.73 Å². The predicted octanol–water partition coefficient (Wildman–Crippen LogP) is 2.57. The third-order valence-electron chi connectivity index (χ3n) is 2.52. The van der Waals surface area contributed by atoms with Crippen molar-refractivity contribution in [2.24, 2.45) is 5.73 Å². The van der Waals surface area contributed by atoms with Gasteiger partial charge >= 0.3 is 0 Å². The minimum atomic E-state index is -0.228. The zero-order chi connectivity index (χ0) is 11.7. The highest BCUT2D eigenvalue weighted by Gasteiger charge is 2.07. The van der Waals surface area contributed by atoms with Gasteiger partial charge in [0.2, 0.25) is 0 Å². The molecule has 1 heterocycles. The van der Waals surface area contributed by atoms with E-state index in [-0.39, 0.29) is 11.9 Å². The summed E-state index contributed by atoms with van der Waals surface area (Å²) >= 11 is 0. The largest absolute Gasteiger partial charge is 0.328 e. The van der Waals surface area contributed by atoms with Crippen molar-refractivity contribution in [2.45, 2.75) is 26.3 Å². The maximum Gasteiger partial charge on any atom is 0.124 e. The average molecular weight is 218 g/mol. The molecule has 0 amide bonds. The zero-order valence-corrected chi connectivity index (χ0v) is 9.50. The summed E-state index contributed by atoms with van der Waals surface area (Å²) in [6.07, 6.45) is 0.644. The van der Waals surface area contributed by atoms with Gasteiger partial charge in [-0.05, 0) is 44.0 Å². The summed E-state index contributed by atoms with van der Waals surface area (Å²) in [4.78, 5) is 4.45. The summed E-state index contributed by atoms with van der Waals surface area (Å²) in [5.74, 6) is -0.228. The van der Waals surface area contributed by atoms with Gasteiger partial charge in [0.1, 0.15) is 5.82 Å². The number of fused-ring (bicyclic) bond motifs is 1. The lowest BCUT2D eigenvalue weighted by Gasteiger charge is -2.09. The normalized spacial score (nSPS) is 13.0. The van der Waals surface area contributed by atoms with Gasteiger partial charge in [-0.2, -0.15) is 0 Å². The summed E-state index contributed by atoms with van der Waals surface area (Å²) in [6.45, 7) is 3.84. The lowest BCUT2D eigenvalue weighted by Crippen LogP contribution is -2.18. The molecule has 0 aliphatic carbocycles. The number of nitrogens with zero attached hydrogens (tertiary/aromatic N) is 1. The highest BCUT2D eigenvalue weighted by atomic mass is 19.1. The summed E-state index contributed by atoms with van der Waals surface area (Å²) in [6, 6.07) is 6.82. The molecule has 1 aromatic carbocycles. The van der Waals surface area contributed by atoms with E-state index in [2.05, 4.69) is 4.98 Å². The molecular formula is C13H15FN2. The monoisotopic (exact) mass is 218 g/mol. The standard InChI is InChI=1S/C13H15FN2/c1-8(15)5-11-7-12(14)6-10-4-3-9(2)16-13(10)11/h3-4,6-8H,5,15H2,1-2H3. The van der Waals surface area contributed by atoms with Crippen LogP contribution in [0, 0.1) is 12.7 Å². The molecule has 0 saturated heterocycles. The summed E-state index contributed by atoms with van der Waals surface area (Å²) in [5.41, 5.74) is 8.43. The smallest absolute Gasteiger partial charge is 0.124 e. The van der Waals surface area contributed by atoms with Crippen LogP contribution in [0.3, 0.4) is 0 Å². The van der Waals surface area contributed by atoms with Gasteiger partial charge in [-0.15, -0.1) is 0 Å². The number of aryl methyl sites for hydroxylation is 1. The first-order valence-corrected chi connectivity index (χ1v) is 5.37. The van der Waals surface area contributed by atoms with Crippen molar-refractivity contribution in [3.05, 3.63) is 41.3 Å². The molecular weight excluding hydrogens is 203 g/mol. The number of rotatable bonds is 2. The second-order valence-corrected chi connectivity index (χ2v) is 4.27. The molecule has 0 spiro atoms. The zero-order valence-electron chi connectivity index (χ0n) is 9.50. The van der Waals surface area contributed by atoms with Crippen LogP contribution in [0.4, 0.5) is 4.39 Å². The first kappa shape index (κ1) is 11.0. The third-order valence-corrected chi connectivity index (χ3v) is 2.52. The fourth-order valence-corrected chi connectivity index (χ4v) is 1.87. The fraction of sp³-hybridized carbons (Fsp3) is 0.308. The molecule has 0 aliphatic rings. The Labute approximate surface area is 94.3 Å². The van der Waals surface area contributed by atoms with Crippen LogP contribution in [0.5, 0.6) is 0 Å². The lowest BCUT2D eigenvalue weighted by atomic mass is 10.0. The van der Waals surface area contributed by atoms with Gasteiger partial charge in [-0.1, -0.05) is 6.07 Å². The predicted molar refractivity (Wildman–Crippen MR) is 63.8 cm³/mol. The van der Waals surface area contributed by atoms with Gasteiger partial charge in [-0.3, -0.25) is 4.98 Å². The molecule has 0 aliphatic heterocycles. The summed E-state index contributed by atoms with van der Waals surface area (Å²) < 4.78 is 13.4. The van der Waals surface area contributed by atoms with Crippen molar-refractivity contribution < 1.29 is 4.39 Å². The van der Waals surface area contributed by atoms with Crippen LogP contribution in [0.2, 0.25) is 0 Å². The number of pyridine rings is 1. The molecule has 2 nitrogen and oxygen atoms in total. The van der Waals surface area contributed by atoms with Crippen LogP contribution in [0.25, 0.3) is 10.9 Å². The van der Waals surface area contributed by atoms with Crippen molar-refractivity contribution in [1.29, 1.82) is 0 Å². The van der Waals surface area contributed by atoms with E-state index in [1.54, 1.807) is 0 Å². The Balaban J connectivity index is 2.64. The van der Waals surface area contributed by atoms with E-state index in [0.29, 0.717) is 6.42 Å². The molecule has 2 aromatic rings. The van der Waals surface area contributed by atoms with Crippen LogP contribution < -0.4 is 5.73 Å². The maximum absolute atomic E-state index is 13.4. The first-order valence-electron chi connectivity index (χ1n) is 5.37. The molecule has 0 radical (unpaired) electrons. The van der Waals surface area contributed by atoms with Crippen molar-refractivity contribution >= 4 is 10.9 Å². The van der Waals surface area contributed by atoms with Crippen LogP contribution in [0.1, 0.15) is 18.2 Å². The van der Waals surface area contributed by atoms with Crippen LogP contribution in [-0.4, -0.2) is 11.0 Å². The van der Waals surface area contributed by atoms with Gasteiger partial charge in [0.25, 0.3) is 0 Å². The second-order valence-electron chi connectivity index (χ2n) is 4.27.